The first-order valence-electron chi connectivity index (χ1n) is 7.09. The lowest BCUT2D eigenvalue weighted by Crippen LogP contribution is -2.42. The van der Waals surface area contributed by atoms with Crippen LogP contribution < -0.4 is 5.32 Å². The molecule has 0 aliphatic carbocycles. The number of halogens is 1. The van der Waals surface area contributed by atoms with Crippen LogP contribution in [0.1, 0.15) is 23.2 Å². The highest BCUT2D eigenvalue weighted by molar-refractivity contribution is 9.10. The maximum atomic E-state index is 12.2. The number of aliphatic carboxylic acids is 1. The van der Waals surface area contributed by atoms with Crippen LogP contribution in [0.15, 0.2) is 22.7 Å². The summed E-state index contributed by atoms with van der Waals surface area (Å²) in [6.07, 6.45) is 0.882. The second kappa shape index (κ2) is 7.45. The Kier molecular flexibility index (Phi) is 5.59. The van der Waals surface area contributed by atoms with Crippen molar-refractivity contribution in [1.82, 2.24) is 4.90 Å². The summed E-state index contributed by atoms with van der Waals surface area (Å²) in [5, 5.41) is 11.7. The van der Waals surface area contributed by atoms with Gasteiger partial charge < -0.3 is 20.1 Å². The van der Waals surface area contributed by atoms with Crippen molar-refractivity contribution in [1.29, 1.82) is 0 Å². The largest absolute Gasteiger partial charge is 0.481 e. The predicted molar refractivity (Wildman–Crippen MR) is 86.4 cm³/mol. The molecule has 0 aromatic heterocycles. The number of esters is 1. The lowest BCUT2D eigenvalue weighted by Gasteiger charge is -2.30. The summed E-state index contributed by atoms with van der Waals surface area (Å²) in [6.45, 7) is 0.784. The first-order chi connectivity index (χ1) is 10.9. The molecular formula is C15H17BrN2O5. The maximum absolute atomic E-state index is 12.2. The van der Waals surface area contributed by atoms with Gasteiger partial charge in [0.05, 0.1) is 18.6 Å². The monoisotopic (exact) mass is 384 g/mol. The van der Waals surface area contributed by atoms with E-state index in [2.05, 4.69) is 26.0 Å². The number of hydrogen-bond acceptors (Lipinski definition) is 4. The Balaban J connectivity index is 2.01. The maximum Gasteiger partial charge on any atom is 0.339 e. The van der Waals surface area contributed by atoms with Crippen LogP contribution in [0.5, 0.6) is 0 Å². The Hall–Kier alpha value is -2.09. The molecule has 1 aliphatic heterocycles. The van der Waals surface area contributed by atoms with Crippen LogP contribution in [0.2, 0.25) is 0 Å². The van der Waals surface area contributed by atoms with E-state index in [9.17, 15) is 14.4 Å². The minimum Gasteiger partial charge on any atom is -0.481 e. The van der Waals surface area contributed by atoms with Gasteiger partial charge in [-0.05, 0) is 47.0 Å². The van der Waals surface area contributed by atoms with Crippen LogP contribution in [0.4, 0.5) is 10.5 Å². The summed E-state index contributed by atoms with van der Waals surface area (Å²) in [5.74, 6) is -1.71. The van der Waals surface area contributed by atoms with E-state index < -0.39 is 17.9 Å². The second-order valence-electron chi connectivity index (χ2n) is 5.22. The van der Waals surface area contributed by atoms with Gasteiger partial charge >= 0.3 is 18.0 Å². The highest BCUT2D eigenvalue weighted by atomic mass is 79.9. The summed E-state index contributed by atoms with van der Waals surface area (Å²) >= 11 is 3.26. The number of amides is 2. The standard InChI is InChI=1S/C15H17BrN2O5/c1-23-14(21)11-8-10(2-3-12(11)16)17-15(22)18-6-4-9(5-7-18)13(19)20/h2-3,8-9H,4-7H2,1H3,(H,17,22)(H,19,20). The van der Waals surface area contributed by atoms with Crippen LogP contribution in [-0.2, 0) is 9.53 Å². The molecule has 1 aromatic rings. The summed E-state index contributed by atoms with van der Waals surface area (Å²) in [4.78, 5) is 36.3. The Bertz CT molecular complexity index is 626. The van der Waals surface area contributed by atoms with E-state index in [4.69, 9.17) is 5.11 Å². The average molecular weight is 385 g/mol. The van der Waals surface area contributed by atoms with Crippen molar-refractivity contribution in [2.75, 3.05) is 25.5 Å². The fraction of sp³-hybridized carbons (Fsp3) is 0.400. The van der Waals surface area contributed by atoms with Crippen LogP contribution in [0.3, 0.4) is 0 Å². The number of anilines is 1. The van der Waals surface area contributed by atoms with E-state index in [-0.39, 0.29) is 6.03 Å². The molecule has 0 atom stereocenters. The Morgan fingerprint density at radius 2 is 1.96 bits per heavy atom. The van der Waals surface area contributed by atoms with E-state index in [1.165, 1.54) is 13.2 Å². The SMILES string of the molecule is COC(=O)c1cc(NC(=O)N2CCC(C(=O)O)CC2)ccc1Br. The normalized spacial score (nSPS) is 15.1. The third-order valence-corrected chi connectivity index (χ3v) is 4.45. The van der Waals surface area contributed by atoms with Crippen molar-refractivity contribution >= 4 is 39.6 Å². The van der Waals surface area contributed by atoms with Gasteiger partial charge in [0.1, 0.15) is 0 Å². The molecule has 8 heteroatoms. The number of carbonyl (C=O) groups excluding carboxylic acids is 2. The van der Waals surface area contributed by atoms with Crippen LogP contribution in [-0.4, -0.2) is 48.2 Å². The smallest absolute Gasteiger partial charge is 0.339 e. The lowest BCUT2D eigenvalue weighted by atomic mass is 9.97. The van der Waals surface area contributed by atoms with Crippen molar-refractivity contribution in [3.63, 3.8) is 0 Å². The Labute approximate surface area is 141 Å². The van der Waals surface area contributed by atoms with E-state index in [1.54, 1.807) is 17.0 Å². The highest BCUT2D eigenvalue weighted by Gasteiger charge is 2.27. The molecule has 1 aromatic carbocycles. The third kappa shape index (κ3) is 4.22. The number of carboxylic acids is 1. The minimum atomic E-state index is -0.819. The number of carboxylic acid groups (broad SMARTS) is 1. The fourth-order valence-corrected chi connectivity index (χ4v) is 2.81. The van der Waals surface area contributed by atoms with E-state index >= 15 is 0 Å². The number of methoxy groups -OCH3 is 1. The number of rotatable bonds is 3. The molecule has 124 valence electrons. The molecule has 7 nitrogen and oxygen atoms in total. The van der Waals surface area contributed by atoms with Gasteiger partial charge in [-0.15, -0.1) is 0 Å². The minimum absolute atomic E-state index is 0.313. The van der Waals surface area contributed by atoms with Gasteiger partial charge in [-0.25, -0.2) is 9.59 Å². The molecule has 0 unspecified atom stereocenters. The second-order valence-corrected chi connectivity index (χ2v) is 6.07. The van der Waals surface area contributed by atoms with Crippen molar-refractivity contribution in [2.24, 2.45) is 5.92 Å². The first kappa shape index (κ1) is 17.3. The van der Waals surface area contributed by atoms with E-state index in [1.807, 2.05) is 0 Å². The Morgan fingerprint density at radius 1 is 1.30 bits per heavy atom. The molecule has 0 radical (unpaired) electrons. The molecule has 0 spiro atoms. The van der Waals surface area contributed by atoms with Crippen LogP contribution >= 0.6 is 15.9 Å². The number of nitrogens with zero attached hydrogens (tertiary/aromatic N) is 1. The number of likely N-dealkylation sites (tertiary alicyclic amines) is 1. The molecular weight excluding hydrogens is 368 g/mol. The highest BCUT2D eigenvalue weighted by Crippen LogP contribution is 2.23. The fourth-order valence-electron chi connectivity index (χ4n) is 2.40. The molecule has 1 fully saturated rings. The number of piperidine rings is 1. The summed E-state index contributed by atoms with van der Waals surface area (Å²) < 4.78 is 5.25. The molecule has 0 bridgehead atoms. The van der Waals surface area contributed by atoms with Crippen LogP contribution in [0, 0.1) is 5.92 Å². The molecule has 2 N–H and O–H groups in total. The van der Waals surface area contributed by atoms with Crippen LogP contribution in [0.25, 0.3) is 0 Å². The molecule has 1 aliphatic rings. The first-order valence-corrected chi connectivity index (χ1v) is 7.88. The number of carbonyl (C=O) groups is 3. The summed E-state index contributed by atoms with van der Waals surface area (Å²) in [6, 6.07) is 4.53. The molecule has 23 heavy (non-hydrogen) atoms. The van der Waals surface area contributed by atoms with Crippen molar-refractivity contribution in [3.8, 4) is 0 Å². The summed E-state index contributed by atoms with van der Waals surface area (Å²) in [5.41, 5.74) is 0.786. The van der Waals surface area contributed by atoms with Gasteiger partial charge in [0.15, 0.2) is 0 Å². The predicted octanol–water partition coefficient (Wildman–Crippen LogP) is 2.56. The number of hydrogen-bond donors (Lipinski definition) is 2. The van der Waals surface area contributed by atoms with Crippen molar-refractivity contribution < 1.29 is 24.2 Å². The third-order valence-electron chi connectivity index (χ3n) is 3.75. The zero-order valence-electron chi connectivity index (χ0n) is 12.5. The van der Waals surface area contributed by atoms with Gasteiger partial charge in [-0.2, -0.15) is 0 Å². The molecule has 2 rings (SSSR count). The molecule has 2 amide bonds. The number of nitrogens with one attached hydrogen (secondary N) is 1. The number of ether oxygens (including phenoxy) is 1. The number of benzene rings is 1. The molecule has 0 saturated carbocycles. The quantitative estimate of drug-likeness (QED) is 0.780. The number of urea groups is 1. The van der Waals surface area contributed by atoms with E-state index in [0.717, 1.165) is 0 Å². The molecule has 1 heterocycles. The summed E-state index contributed by atoms with van der Waals surface area (Å²) in [7, 11) is 1.28. The Morgan fingerprint density at radius 3 is 2.52 bits per heavy atom. The van der Waals surface area contributed by atoms with Gasteiger partial charge in [0.25, 0.3) is 0 Å². The van der Waals surface area contributed by atoms with E-state index in [0.29, 0.717) is 41.7 Å². The van der Waals surface area contributed by atoms with Crippen molar-refractivity contribution in [3.05, 3.63) is 28.2 Å². The lowest BCUT2D eigenvalue weighted by molar-refractivity contribution is -0.143. The topological polar surface area (TPSA) is 95.9 Å². The zero-order chi connectivity index (χ0) is 17.0. The van der Waals surface area contributed by atoms with Crippen molar-refractivity contribution in [2.45, 2.75) is 12.8 Å². The van der Waals surface area contributed by atoms with Gasteiger partial charge in [0.2, 0.25) is 0 Å². The van der Waals surface area contributed by atoms with Gasteiger partial charge in [0, 0.05) is 23.2 Å². The zero-order valence-corrected chi connectivity index (χ0v) is 14.1. The average Bonchev–Trinajstić information content (AvgIpc) is 2.55. The van der Waals surface area contributed by atoms with Gasteiger partial charge in [-0.1, -0.05) is 0 Å². The van der Waals surface area contributed by atoms with Gasteiger partial charge in [-0.3, -0.25) is 4.79 Å². The molecule has 1 saturated heterocycles.